The highest BCUT2D eigenvalue weighted by Crippen LogP contribution is 2.19. The van der Waals surface area contributed by atoms with Gasteiger partial charge in [0.1, 0.15) is 0 Å². The Balaban J connectivity index is 2.30. The smallest absolute Gasteiger partial charge is 0.261 e. The molecule has 0 aliphatic carbocycles. The van der Waals surface area contributed by atoms with Crippen molar-refractivity contribution in [3.8, 4) is 0 Å². The minimum absolute atomic E-state index is 0.285. The molecule has 0 radical (unpaired) electrons. The summed E-state index contributed by atoms with van der Waals surface area (Å²) >= 11 is 0. The quantitative estimate of drug-likeness (QED) is 0.930. The van der Waals surface area contributed by atoms with Crippen LogP contribution in [0.4, 0.5) is 5.69 Å². The minimum Gasteiger partial charge on any atom is -0.279 e. The molecule has 2 aromatic carbocycles. The first-order valence-electron chi connectivity index (χ1n) is 6.20. The van der Waals surface area contributed by atoms with E-state index < -0.39 is 10.0 Å². The SMILES string of the molecule is CCc1ccc(S(=O)(=O)Nc2ccccc2C)cc1. The van der Waals surface area contributed by atoms with E-state index in [1.807, 2.05) is 44.2 Å². The molecule has 3 nitrogen and oxygen atoms in total. The Morgan fingerprint density at radius 3 is 2.21 bits per heavy atom. The maximum atomic E-state index is 12.2. The highest BCUT2D eigenvalue weighted by Gasteiger charge is 2.14. The van der Waals surface area contributed by atoms with Gasteiger partial charge >= 0.3 is 0 Å². The third-order valence-corrected chi connectivity index (χ3v) is 4.41. The van der Waals surface area contributed by atoms with Crippen molar-refractivity contribution in [3.63, 3.8) is 0 Å². The number of hydrogen-bond acceptors (Lipinski definition) is 2. The molecular formula is C15H17NO2S. The Bertz CT molecular complexity index is 661. The third kappa shape index (κ3) is 3.15. The highest BCUT2D eigenvalue weighted by atomic mass is 32.2. The summed E-state index contributed by atoms with van der Waals surface area (Å²) in [4.78, 5) is 0.285. The fourth-order valence-electron chi connectivity index (χ4n) is 1.80. The van der Waals surface area contributed by atoms with E-state index in [1.54, 1.807) is 18.2 Å². The largest absolute Gasteiger partial charge is 0.279 e. The van der Waals surface area contributed by atoms with E-state index >= 15 is 0 Å². The van der Waals surface area contributed by atoms with Gasteiger partial charge in [-0.1, -0.05) is 37.3 Å². The van der Waals surface area contributed by atoms with Gasteiger partial charge in [-0.25, -0.2) is 8.42 Å². The highest BCUT2D eigenvalue weighted by molar-refractivity contribution is 7.92. The minimum atomic E-state index is -3.51. The fourth-order valence-corrected chi connectivity index (χ4v) is 2.93. The second-order valence-electron chi connectivity index (χ2n) is 4.42. The monoisotopic (exact) mass is 275 g/mol. The lowest BCUT2D eigenvalue weighted by atomic mass is 10.2. The summed E-state index contributed by atoms with van der Waals surface area (Å²) in [7, 11) is -3.51. The van der Waals surface area contributed by atoms with E-state index in [2.05, 4.69) is 4.72 Å². The first kappa shape index (κ1) is 13.6. The Kier molecular flexibility index (Phi) is 3.90. The lowest BCUT2D eigenvalue weighted by Crippen LogP contribution is -2.13. The van der Waals surface area contributed by atoms with Crippen LogP contribution < -0.4 is 4.72 Å². The molecule has 0 spiro atoms. The van der Waals surface area contributed by atoms with Crippen molar-refractivity contribution in [1.29, 1.82) is 0 Å². The normalized spacial score (nSPS) is 11.3. The summed E-state index contributed by atoms with van der Waals surface area (Å²) in [6.07, 6.45) is 0.894. The number of para-hydroxylation sites is 1. The van der Waals surface area contributed by atoms with E-state index in [-0.39, 0.29) is 4.90 Å². The van der Waals surface area contributed by atoms with Gasteiger partial charge in [-0.2, -0.15) is 0 Å². The van der Waals surface area contributed by atoms with Crippen LogP contribution in [-0.2, 0) is 16.4 Å². The summed E-state index contributed by atoms with van der Waals surface area (Å²) in [5, 5.41) is 0. The molecular weight excluding hydrogens is 258 g/mol. The van der Waals surface area contributed by atoms with Crippen LogP contribution >= 0.6 is 0 Å². The predicted molar refractivity (Wildman–Crippen MR) is 77.8 cm³/mol. The molecule has 2 rings (SSSR count). The van der Waals surface area contributed by atoms with Gasteiger partial charge in [0, 0.05) is 0 Å². The number of rotatable bonds is 4. The van der Waals surface area contributed by atoms with E-state index in [0.717, 1.165) is 17.5 Å². The van der Waals surface area contributed by atoms with Crippen LogP contribution in [0.15, 0.2) is 53.4 Å². The van der Waals surface area contributed by atoms with Gasteiger partial charge in [0.25, 0.3) is 10.0 Å². The molecule has 2 aromatic rings. The van der Waals surface area contributed by atoms with Crippen LogP contribution in [-0.4, -0.2) is 8.42 Å². The van der Waals surface area contributed by atoms with Crippen molar-refractivity contribution in [2.75, 3.05) is 4.72 Å². The molecule has 0 atom stereocenters. The maximum absolute atomic E-state index is 12.2. The molecule has 0 unspecified atom stereocenters. The zero-order chi connectivity index (χ0) is 13.9. The predicted octanol–water partition coefficient (Wildman–Crippen LogP) is 3.36. The molecule has 1 N–H and O–H groups in total. The summed E-state index contributed by atoms with van der Waals surface area (Å²) in [5.41, 5.74) is 2.63. The molecule has 0 aliphatic rings. The zero-order valence-electron chi connectivity index (χ0n) is 11.1. The molecule has 0 heterocycles. The number of benzene rings is 2. The first-order chi connectivity index (χ1) is 9.03. The van der Waals surface area contributed by atoms with Gasteiger partial charge in [0.2, 0.25) is 0 Å². The summed E-state index contributed by atoms with van der Waals surface area (Å²) in [6.45, 7) is 3.91. The molecule has 0 fully saturated rings. The average Bonchev–Trinajstić information content (AvgIpc) is 2.41. The van der Waals surface area contributed by atoms with E-state index in [9.17, 15) is 8.42 Å². The number of hydrogen-bond donors (Lipinski definition) is 1. The van der Waals surface area contributed by atoms with Gasteiger partial charge < -0.3 is 0 Å². The molecule has 0 bridgehead atoms. The summed E-state index contributed by atoms with van der Waals surface area (Å²) in [5.74, 6) is 0. The standard InChI is InChI=1S/C15H17NO2S/c1-3-13-8-10-14(11-9-13)19(17,18)16-15-7-5-4-6-12(15)2/h4-11,16H,3H2,1-2H3. The van der Waals surface area contributed by atoms with Crippen LogP contribution in [0.1, 0.15) is 18.1 Å². The van der Waals surface area contributed by atoms with Crippen molar-refractivity contribution in [1.82, 2.24) is 0 Å². The van der Waals surface area contributed by atoms with Gasteiger partial charge in [-0.15, -0.1) is 0 Å². The van der Waals surface area contributed by atoms with Crippen molar-refractivity contribution in [2.24, 2.45) is 0 Å². The molecule has 0 aromatic heterocycles. The summed E-state index contributed by atoms with van der Waals surface area (Å²) < 4.78 is 27.1. The Morgan fingerprint density at radius 2 is 1.63 bits per heavy atom. The Hall–Kier alpha value is -1.81. The van der Waals surface area contributed by atoms with Crippen LogP contribution in [0, 0.1) is 6.92 Å². The van der Waals surface area contributed by atoms with E-state index in [4.69, 9.17) is 0 Å². The van der Waals surface area contributed by atoms with Crippen LogP contribution in [0.25, 0.3) is 0 Å². The van der Waals surface area contributed by atoms with E-state index in [0.29, 0.717) is 5.69 Å². The van der Waals surface area contributed by atoms with Gasteiger partial charge in [-0.3, -0.25) is 4.72 Å². The molecule has 100 valence electrons. The Morgan fingerprint density at radius 1 is 1.00 bits per heavy atom. The summed E-state index contributed by atoms with van der Waals surface area (Å²) in [6, 6.07) is 14.3. The van der Waals surface area contributed by atoms with Crippen molar-refractivity contribution in [2.45, 2.75) is 25.2 Å². The lowest BCUT2D eigenvalue weighted by molar-refractivity contribution is 0.601. The van der Waals surface area contributed by atoms with Crippen LogP contribution in [0.5, 0.6) is 0 Å². The van der Waals surface area contributed by atoms with Crippen LogP contribution in [0.2, 0.25) is 0 Å². The molecule has 0 aliphatic heterocycles. The second-order valence-corrected chi connectivity index (χ2v) is 6.10. The topological polar surface area (TPSA) is 46.2 Å². The van der Waals surface area contributed by atoms with Crippen molar-refractivity contribution in [3.05, 3.63) is 59.7 Å². The van der Waals surface area contributed by atoms with Crippen molar-refractivity contribution < 1.29 is 8.42 Å². The number of anilines is 1. The maximum Gasteiger partial charge on any atom is 0.261 e. The number of sulfonamides is 1. The van der Waals surface area contributed by atoms with Gasteiger partial charge in [-0.05, 0) is 42.7 Å². The molecule has 0 saturated heterocycles. The zero-order valence-corrected chi connectivity index (χ0v) is 11.9. The number of nitrogens with one attached hydrogen (secondary N) is 1. The second kappa shape index (κ2) is 5.45. The average molecular weight is 275 g/mol. The lowest BCUT2D eigenvalue weighted by Gasteiger charge is -2.10. The molecule has 0 saturated carbocycles. The number of aryl methyl sites for hydroxylation is 2. The van der Waals surface area contributed by atoms with Crippen molar-refractivity contribution >= 4 is 15.7 Å². The molecule has 19 heavy (non-hydrogen) atoms. The fraction of sp³-hybridized carbons (Fsp3) is 0.200. The first-order valence-corrected chi connectivity index (χ1v) is 7.68. The molecule has 4 heteroatoms. The van der Waals surface area contributed by atoms with Gasteiger partial charge in [0.15, 0.2) is 0 Å². The molecule has 0 amide bonds. The third-order valence-electron chi connectivity index (χ3n) is 3.03. The van der Waals surface area contributed by atoms with E-state index in [1.165, 1.54) is 0 Å². The van der Waals surface area contributed by atoms with Gasteiger partial charge in [0.05, 0.1) is 10.6 Å². The Labute approximate surface area is 114 Å². The van der Waals surface area contributed by atoms with Crippen LogP contribution in [0.3, 0.4) is 0 Å².